The van der Waals surface area contributed by atoms with Gasteiger partial charge in [0.1, 0.15) is 11.6 Å². The van der Waals surface area contributed by atoms with Gasteiger partial charge >= 0.3 is 0 Å². The molecule has 1 unspecified atom stereocenters. The minimum absolute atomic E-state index is 0.00813. The quantitative estimate of drug-likeness (QED) is 0.845. The van der Waals surface area contributed by atoms with Crippen LogP contribution in [0.5, 0.6) is 0 Å². The molecule has 0 saturated heterocycles. The molecule has 1 N–H and O–H groups in total. The van der Waals surface area contributed by atoms with Crippen molar-refractivity contribution in [1.29, 1.82) is 0 Å². The second-order valence-electron chi connectivity index (χ2n) is 7.86. The number of aliphatic hydroxyl groups is 1. The Morgan fingerprint density at radius 2 is 1.50 bits per heavy atom. The van der Waals surface area contributed by atoms with Crippen LogP contribution in [0.3, 0.4) is 0 Å². The molecule has 3 rings (SSSR count). The van der Waals surface area contributed by atoms with Crippen molar-refractivity contribution in [3.05, 3.63) is 82.6 Å². The number of aliphatic hydroxyl groups excluding tert-OH is 1. The Morgan fingerprint density at radius 1 is 1.00 bits per heavy atom. The molecule has 4 nitrogen and oxygen atoms in total. The fourth-order valence-corrected chi connectivity index (χ4v) is 3.23. The Morgan fingerprint density at radius 3 is 2.00 bits per heavy atom. The van der Waals surface area contributed by atoms with Crippen molar-refractivity contribution in [2.24, 2.45) is 5.41 Å². The lowest BCUT2D eigenvalue weighted by molar-refractivity contribution is -0.130. The van der Waals surface area contributed by atoms with Crippen molar-refractivity contribution < 1.29 is 23.5 Å². The molecule has 0 aliphatic carbocycles. The zero-order valence-electron chi connectivity index (χ0n) is 15.9. The smallest absolute Gasteiger partial charge is 0.290 e. The summed E-state index contributed by atoms with van der Waals surface area (Å²) in [5.41, 5.74) is 0.312. The third kappa shape index (κ3) is 3.67. The van der Waals surface area contributed by atoms with Gasteiger partial charge in [0.15, 0.2) is 11.5 Å². The minimum atomic E-state index is -0.857. The molecule has 1 amide bonds. The Hall–Kier alpha value is -3.02. The minimum Gasteiger partial charge on any atom is -0.503 e. The van der Waals surface area contributed by atoms with Crippen molar-refractivity contribution >= 4 is 11.7 Å². The summed E-state index contributed by atoms with van der Waals surface area (Å²) in [6, 6.07) is 10.2. The molecule has 146 valence electrons. The zero-order chi connectivity index (χ0) is 20.6. The third-order valence-electron chi connectivity index (χ3n) is 4.68. The predicted molar refractivity (Wildman–Crippen MR) is 100 cm³/mol. The molecular weight excluding hydrogens is 364 g/mol. The van der Waals surface area contributed by atoms with Crippen molar-refractivity contribution in [2.45, 2.75) is 33.4 Å². The van der Waals surface area contributed by atoms with E-state index in [1.165, 1.54) is 53.4 Å². The van der Waals surface area contributed by atoms with E-state index in [2.05, 4.69) is 0 Å². The number of hydrogen-bond donors (Lipinski definition) is 1. The van der Waals surface area contributed by atoms with E-state index in [1.807, 2.05) is 0 Å². The number of hydrogen-bond acceptors (Lipinski definition) is 3. The first-order valence-corrected chi connectivity index (χ1v) is 8.88. The summed E-state index contributed by atoms with van der Waals surface area (Å²) in [6.45, 7) is 5.16. The first kappa shape index (κ1) is 19.7. The normalized spacial score (nSPS) is 17.4. The number of rotatable bonds is 4. The van der Waals surface area contributed by atoms with E-state index in [4.69, 9.17) is 0 Å². The predicted octanol–water partition coefficient (Wildman–Crippen LogP) is 4.48. The van der Waals surface area contributed by atoms with Crippen LogP contribution in [0.2, 0.25) is 0 Å². The first-order valence-electron chi connectivity index (χ1n) is 8.88. The number of carbonyl (C=O) groups is 2. The lowest BCUT2D eigenvalue weighted by atomic mass is 9.82. The van der Waals surface area contributed by atoms with Crippen LogP contribution in [0, 0.1) is 17.0 Å². The summed E-state index contributed by atoms with van der Waals surface area (Å²) >= 11 is 0. The average Bonchev–Trinajstić information content (AvgIpc) is 2.87. The van der Waals surface area contributed by atoms with Crippen molar-refractivity contribution in [3.8, 4) is 0 Å². The molecule has 28 heavy (non-hydrogen) atoms. The van der Waals surface area contributed by atoms with E-state index in [-0.39, 0.29) is 17.9 Å². The summed E-state index contributed by atoms with van der Waals surface area (Å²) in [6.07, 6.45) is 0. The van der Waals surface area contributed by atoms with E-state index in [1.54, 1.807) is 20.8 Å². The van der Waals surface area contributed by atoms with E-state index in [0.29, 0.717) is 11.1 Å². The fourth-order valence-electron chi connectivity index (χ4n) is 3.23. The molecule has 1 atom stereocenters. The fraction of sp³-hybridized carbons (Fsp3) is 0.273. The monoisotopic (exact) mass is 385 g/mol. The van der Waals surface area contributed by atoms with Crippen LogP contribution in [0.15, 0.2) is 59.9 Å². The summed E-state index contributed by atoms with van der Waals surface area (Å²) in [7, 11) is 0. The Bertz CT molecular complexity index is 941. The number of Topliss-reactive ketones (excluding diaryl/α,β-unsaturated/α-hetero) is 1. The van der Waals surface area contributed by atoms with Gasteiger partial charge in [-0.05, 0) is 35.4 Å². The number of halogens is 2. The topological polar surface area (TPSA) is 57.6 Å². The number of ketones is 1. The number of nitrogens with zero attached hydrogens (tertiary/aromatic N) is 1. The first-order chi connectivity index (χ1) is 13.1. The molecule has 1 aliphatic heterocycles. The van der Waals surface area contributed by atoms with Gasteiger partial charge in [0.05, 0.1) is 11.6 Å². The lowest BCUT2D eigenvalue weighted by Gasteiger charge is -2.29. The highest BCUT2D eigenvalue weighted by atomic mass is 19.1. The number of carbonyl (C=O) groups excluding carboxylic acids is 2. The van der Waals surface area contributed by atoms with Gasteiger partial charge in [0.2, 0.25) is 0 Å². The molecule has 0 fully saturated rings. The molecular formula is C22H21F2NO3. The molecule has 0 bridgehead atoms. The largest absolute Gasteiger partial charge is 0.503 e. The van der Waals surface area contributed by atoms with Crippen LogP contribution in [-0.2, 0) is 16.1 Å². The van der Waals surface area contributed by atoms with Crippen molar-refractivity contribution in [2.75, 3.05) is 0 Å². The number of benzene rings is 2. The molecule has 0 aromatic heterocycles. The van der Waals surface area contributed by atoms with Crippen LogP contribution in [-0.4, -0.2) is 21.7 Å². The van der Waals surface area contributed by atoms with Crippen LogP contribution >= 0.6 is 0 Å². The van der Waals surface area contributed by atoms with Crippen molar-refractivity contribution in [1.82, 2.24) is 4.90 Å². The maximum absolute atomic E-state index is 13.4. The van der Waals surface area contributed by atoms with Gasteiger partial charge in [0, 0.05) is 12.0 Å². The van der Waals surface area contributed by atoms with E-state index in [0.717, 1.165) is 0 Å². The highest BCUT2D eigenvalue weighted by molar-refractivity contribution is 6.10. The summed E-state index contributed by atoms with van der Waals surface area (Å²) in [5.74, 6) is -2.51. The van der Waals surface area contributed by atoms with Gasteiger partial charge in [-0.25, -0.2) is 8.78 Å². The van der Waals surface area contributed by atoms with Gasteiger partial charge in [-0.3, -0.25) is 9.59 Å². The summed E-state index contributed by atoms with van der Waals surface area (Å²) < 4.78 is 26.6. The van der Waals surface area contributed by atoms with Crippen LogP contribution in [0.4, 0.5) is 8.78 Å². The molecule has 0 saturated carbocycles. The van der Waals surface area contributed by atoms with E-state index >= 15 is 0 Å². The van der Waals surface area contributed by atoms with E-state index in [9.17, 15) is 23.5 Å². The molecule has 2 aromatic carbocycles. The second kappa shape index (κ2) is 7.19. The standard InChI is InChI=1S/C22H21F2NO3/c1-22(2,3)20(27)17-18(14-6-10-16(24)11-7-14)25(21(28)19(17)26)12-13-4-8-15(23)9-5-13/h4-11,18,26H,12H2,1-3H3. The zero-order valence-corrected chi connectivity index (χ0v) is 15.9. The summed E-state index contributed by atoms with van der Waals surface area (Å²) in [4.78, 5) is 27.1. The average molecular weight is 385 g/mol. The van der Waals surface area contributed by atoms with Crippen molar-refractivity contribution in [3.63, 3.8) is 0 Å². The molecule has 0 spiro atoms. The lowest BCUT2D eigenvalue weighted by Crippen LogP contribution is -2.32. The molecule has 0 radical (unpaired) electrons. The van der Waals surface area contributed by atoms with Gasteiger partial charge in [0.25, 0.3) is 5.91 Å². The van der Waals surface area contributed by atoms with Crippen LogP contribution < -0.4 is 0 Å². The molecule has 6 heteroatoms. The Balaban J connectivity index is 2.08. The Kier molecular flexibility index (Phi) is 5.06. The highest BCUT2D eigenvalue weighted by Gasteiger charge is 2.45. The van der Waals surface area contributed by atoms with Crippen LogP contribution in [0.25, 0.3) is 0 Å². The van der Waals surface area contributed by atoms with Gasteiger partial charge < -0.3 is 10.0 Å². The summed E-state index contributed by atoms with van der Waals surface area (Å²) in [5, 5.41) is 10.5. The maximum Gasteiger partial charge on any atom is 0.290 e. The molecule has 1 aliphatic rings. The third-order valence-corrected chi connectivity index (χ3v) is 4.68. The second-order valence-corrected chi connectivity index (χ2v) is 7.86. The van der Waals surface area contributed by atoms with Gasteiger partial charge in [-0.15, -0.1) is 0 Å². The number of amides is 1. The highest BCUT2D eigenvalue weighted by Crippen LogP contribution is 2.41. The molecule has 1 heterocycles. The SMILES string of the molecule is CC(C)(C)C(=O)C1=C(O)C(=O)N(Cc2ccc(F)cc2)C1c1ccc(F)cc1. The Labute approximate surface area is 162 Å². The maximum atomic E-state index is 13.4. The van der Waals surface area contributed by atoms with Crippen LogP contribution in [0.1, 0.15) is 37.9 Å². The van der Waals surface area contributed by atoms with E-state index < -0.39 is 34.8 Å². The van der Waals surface area contributed by atoms with Gasteiger partial charge in [-0.2, -0.15) is 0 Å². The molecule has 2 aromatic rings. The van der Waals surface area contributed by atoms with Gasteiger partial charge in [-0.1, -0.05) is 45.0 Å².